The maximum atomic E-state index is 13.9. The van der Waals surface area contributed by atoms with Crippen molar-refractivity contribution in [1.29, 1.82) is 0 Å². The average Bonchev–Trinajstić information content (AvgIpc) is 3.29. The van der Waals surface area contributed by atoms with Crippen LogP contribution in [0.5, 0.6) is 5.75 Å². The van der Waals surface area contributed by atoms with Crippen LogP contribution in [-0.4, -0.2) is 73.1 Å². The van der Waals surface area contributed by atoms with Crippen molar-refractivity contribution in [3.05, 3.63) is 59.2 Å². The lowest BCUT2D eigenvalue weighted by Crippen LogP contribution is -2.55. The topological polar surface area (TPSA) is 126 Å². The molecule has 0 bridgehead atoms. The number of hydrogen-bond donors (Lipinski definition) is 1. The van der Waals surface area contributed by atoms with Crippen molar-refractivity contribution < 1.29 is 32.3 Å². The number of rotatable bonds is 6. The van der Waals surface area contributed by atoms with E-state index < -0.39 is 39.7 Å². The quantitative estimate of drug-likeness (QED) is 0.564. The highest BCUT2D eigenvalue weighted by molar-refractivity contribution is 7.88. The molecule has 3 amide bonds. The minimum absolute atomic E-state index is 0.101. The van der Waals surface area contributed by atoms with Gasteiger partial charge in [-0.25, -0.2) is 13.2 Å². The molecule has 0 saturated carbocycles. The Bertz CT molecular complexity index is 1420. The van der Waals surface area contributed by atoms with Gasteiger partial charge < -0.3 is 19.7 Å². The van der Waals surface area contributed by atoms with Gasteiger partial charge in [0.1, 0.15) is 30.0 Å². The molecule has 2 heterocycles. The molecular formula is C28H36N4O7S. The summed E-state index contributed by atoms with van der Waals surface area (Å²) in [6.07, 6.45) is 0.521. The molecule has 0 fully saturated rings. The Morgan fingerprint density at radius 3 is 2.52 bits per heavy atom. The lowest BCUT2D eigenvalue weighted by molar-refractivity contribution is -0.130. The summed E-state index contributed by atoms with van der Waals surface area (Å²) < 4.78 is 37.1. The first kappa shape index (κ1) is 29.3. The van der Waals surface area contributed by atoms with Gasteiger partial charge in [-0.2, -0.15) is 4.31 Å². The summed E-state index contributed by atoms with van der Waals surface area (Å²) in [6, 6.07) is 10.8. The van der Waals surface area contributed by atoms with Crippen LogP contribution in [0.4, 0.5) is 10.5 Å². The molecule has 2 atom stereocenters. The molecule has 2 aromatic carbocycles. The Hall–Kier alpha value is -3.64. The zero-order chi connectivity index (χ0) is 29.4. The Kier molecular flexibility index (Phi) is 8.13. The molecule has 0 aromatic heterocycles. The van der Waals surface area contributed by atoms with Crippen LogP contribution in [0.25, 0.3) is 0 Å². The van der Waals surface area contributed by atoms with E-state index in [0.717, 1.165) is 16.7 Å². The van der Waals surface area contributed by atoms with Gasteiger partial charge in [0.15, 0.2) is 0 Å². The van der Waals surface area contributed by atoms with Gasteiger partial charge in [0, 0.05) is 20.1 Å². The second-order valence-corrected chi connectivity index (χ2v) is 13.1. The third kappa shape index (κ3) is 6.39. The number of para-hydroxylation sites is 2. The number of amides is 3. The summed E-state index contributed by atoms with van der Waals surface area (Å²) in [4.78, 5) is 42.3. The molecule has 1 N–H and O–H groups in total. The SMILES string of the molecule is CC(C(=O)NC1COc2ccccc2N(Cc2cccc3c2CN(S(C)(=O)=O)C3)C1=O)N(C)C(=O)OC(C)(C)C. The third-order valence-corrected chi connectivity index (χ3v) is 8.13. The number of benzene rings is 2. The second kappa shape index (κ2) is 11.1. The number of carbonyl (C=O) groups is 3. The van der Waals surface area contributed by atoms with Gasteiger partial charge in [0.05, 0.1) is 18.5 Å². The standard InChI is InChI=1S/C28H36N4O7S/c1-18(30(5)27(35)39-28(2,3)4)25(33)29-22-17-38-24-13-8-7-12-23(24)32(26(22)34)15-20-11-9-10-19-14-31(16-21(19)20)40(6,36)37/h7-13,18,22H,14-17H2,1-6H3,(H,29,33). The first-order valence-electron chi connectivity index (χ1n) is 13.0. The largest absolute Gasteiger partial charge is 0.489 e. The number of nitrogens with zero attached hydrogens (tertiary/aromatic N) is 3. The van der Waals surface area contributed by atoms with Crippen molar-refractivity contribution in [3.63, 3.8) is 0 Å². The van der Waals surface area contributed by atoms with Crippen LogP contribution in [0.1, 0.15) is 44.4 Å². The number of nitrogens with one attached hydrogen (secondary N) is 1. The Morgan fingerprint density at radius 1 is 1.15 bits per heavy atom. The maximum absolute atomic E-state index is 13.9. The minimum atomic E-state index is -3.39. The van der Waals surface area contributed by atoms with Gasteiger partial charge in [0.25, 0.3) is 5.91 Å². The van der Waals surface area contributed by atoms with Gasteiger partial charge in [-0.3, -0.25) is 14.5 Å². The Morgan fingerprint density at radius 2 is 1.85 bits per heavy atom. The number of ether oxygens (including phenoxy) is 2. The van der Waals surface area contributed by atoms with Gasteiger partial charge in [-0.1, -0.05) is 30.3 Å². The normalized spacial score (nSPS) is 18.2. The molecule has 0 radical (unpaired) electrons. The molecule has 2 aliphatic heterocycles. The van der Waals surface area contributed by atoms with Crippen LogP contribution in [0.2, 0.25) is 0 Å². The summed E-state index contributed by atoms with van der Waals surface area (Å²) in [5.74, 6) is -0.441. The van der Waals surface area contributed by atoms with E-state index in [1.807, 2.05) is 18.2 Å². The van der Waals surface area contributed by atoms with Crippen molar-refractivity contribution in [3.8, 4) is 5.75 Å². The molecule has 40 heavy (non-hydrogen) atoms. The molecule has 216 valence electrons. The fourth-order valence-corrected chi connectivity index (χ4v) is 5.33. The van der Waals surface area contributed by atoms with Crippen molar-refractivity contribution in [1.82, 2.24) is 14.5 Å². The fraction of sp³-hybridized carbons (Fsp3) is 0.464. The lowest BCUT2D eigenvalue weighted by atomic mass is 10.0. The van der Waals surface area contributed by atoms with Gasteiger partial charge in [-0.15, -0.1) is 0 Å². The second-order valence-electron chi connectivity index (χ2n) is 11.1. The van der Waals surface area contributed by atoms with E-state index in [1.165, 1.54) is 22.5 Å². The zero-order valence-corrected chi connectivity index (χ0v) is 24.4. The van der Waals surface area contributed by atoms with Crippen molar-refractivity contribution in [2.45, 2.75) is 65.0 Å². The summed E-state index contributed by atoms with van der Waals surface area (Å²) in [5.41, 5.74) is 2.36. The van der Waals surface area contributed by atoms with Gasteiger partial charge >= 0.3 is 6.09 Å². The highest BCUT2D eigenvalue weighted by atomic mass is 32.2. The molecule has 4 rings (SSSR count). The first-order chi connectivity index (χ1) is 18.7. The van der Waals surface area contributed by atoms with Gasteiger partial charge in [-0.05, 0) is 56.5 Å². The van der Waals surface area contributed by atoms with Crippen LogP contribution in [-0.2, 0) is 44.0 Å². The molecule has 0 aliphatic carbocycles. The number of anilines is 1. The van der Waals surface area contributed by atoms with E-state index in [4.69, 9.17) is 9.47 Å². The lowest BCUT2D eigenvalue weighted by Gasteiger charge is -2.30. The van der Waals surface area contributed by atoms with Crippen molar-refractivity contribution in [2.24, 2.45) is 0 Å². The van der Waals surface area contributed by atoms with E-state index >= 15 is 0 Å². The molecular weight excluding hydrogens is 536 g/mol. The number of hydrogen-bond acceptors (Lipinski definition) is 7. The van der Waals surface area contributed by atoms with Crippen LogP contribution >= 0.6 is 0 Å². The molecule has 0 saturated heterocycles. The third-order valence-electron chi connectivity index (χ3n) is 6.93. The number of sulfonamides is 1. The average molecular weight is 573 g/mol. The zero-order valence-electron chi connectivity index (χ0n) is 23.6. The highest BCUT2D eigenvalue weighted by Crippen LogP contribution is 2.34. The van der Waals surface area contributed by atoms with Crippen LogP contribution < -0.4 is 15.0 Å². The summed E-state index contributed by atoms with van der Waals surface area (Å²) in [6.45, 7) is 7.30. The van der Waals surface area contributed by atoms with E-state index in [9.17, 15) is 22.8 Å². The molecule has 0 spiro atoms. The first-order valence-corrected chi connectivity index (χ1v) is 14.8. The maximum Gasteiger partial charge on any atom is 0.410 e. The summed E-state index contributed by atoms with van der Waals surface area (Å²) in [5, 5.41) is 2.74. The van der Waals surface area contributed by atoms with Crippen LogP contribution in [0.3, 0.4) is 0 Å². The summed E-state index contributed by atoms with van der Waals surface area (Å²) in [7, 11) is -1.93. The van der Waals surface area contributed by atoms with E-state index in [0.29, 0.717) is 11.4 Å². The molecule has 2 aliphatic rings. The monoisotopic (exact) mass is 572 g/mol. The van der Waals surface area contributed by atoms with E-state index in [2.05, 4.69) is 5.32 Å². The van der Waals surface area contributed by atoms with Crippen LogP contribution in [0.15, 0.2) is 42.5 Å². The molecule has 2 aromatic rings. The van der Waals surface area contributed by atoms with Gasteiger partial charge in [0.2, 0.25) is 15.9 Å². The Labute approximate surface area is 235 Å². The summed E-state index contributed by atoms with van der Waals surface area (Å²) >= 11 is 0. The van der Waals surface area contributed by atoms with E-state index in [1.54, 1.807) is 56.9 Å². The van der Waals surface area contributed by atoms with Crippen molar-refractivity contribution in [2.75, 3.05) is 24.8 Å². The predicted octanol–water partition coefficient (Wildman–Crippen LogP) is 2.63. The predicted molar refractivity (Wildman–Crippen MR) is 149 cm³/mol. The van der Waals surface area contributed by atoms with Crippen LogP contribution in [0, 0.1) is 0 Å². The Balaban J connectivity index is 1.57. The number of fused-ring (bicyclic) bond motifs is 2. The number of likely N-dealkylation sites (N-methyl/N-ethyl adjacent to an activating group) is 1. The number of carbonyl (C=O) groups excluding carboxylic acids is 3. The molecule has 11 nitrogen and oxygen atoms in total. The smallest absolute Gasteiger partial charge is 0.410 e. The fourth-order valence-electron chi connectivity index (χ4n) is 4.59. The van der Waals surface area contributed by atoms with E-state index in [-0.39, 0.29) is 32.1 Å². The molecule has 12 heteroatoms. The minimum Gasteiger partial charge on any atom is -0.489 e. The molecule has 2 unspecified atom stereocenters. The highest BCUT2D eigenvalue weighted by Gasteiger charge is 2.36. The van der Waals surface area contributed by atoms with Crippen molar-refractivity contribution >= 4 is 33.6 Å².